The number of carboxylic acid groups (broad SMARTS) is 1. The van der Waals surface area contributed by atoms with E-state index in [-0.39, 0.29) is 24.9 Å². The first kappa shape index (κ1) is 24.7. The number of hydrogen-bond acceptors (Lipinski definition) is 5. The summed E-state index contributed by atoms with van der Waals surface area (Å²) >= 11 is 0. The lowest BCUT2D eigenvalue weighted by atomic mass is 9.84. The summed E-state index contributed by atoms with van der Waals surface area (Å²) in [5.41, 5.74) is 6.33. The molecule has 2 unspecified atom stereocenters. The number of hydroxylamine groups is 1. The van der Waals surface area contributed by atoms with Crippen molar-refractivity contribution >= 4 is 18.0 Å². The topological polar surface area (TPSA) is 114 Å². The van der Waals surface area contributed by atoms with E-state index in [2.05, 4.69) is 35.1 Å². The smallest absolute Gasteiger partial charge is 0.407 e. The van der Waals surface area contributed by atoms with Gasteiger partial charge in [0.05, 0.1) is 0 Å². The van der Waals surface area contributed by atoms with Gasteiger partial charge >= 0.3 is 12.1 Å². The quantitative estimate of drug-likeness (QED) is 0.463. The first-order chi connectivity index (χ1) is 16.6. The molecule has 2 aliphatic carbocycles. The number of carbonyl (C=O) groups is 3. The van der Waals surface area contributed by atoms with Gasteiger partial charge in [-0.15, -0.1) is 0 Å². The lowest BCUT2D eigenvalue weighted by molar-refractivity contribution is -0.162. The highest BCUT2D eigenvalue weighted by atomic mass is 16.7. The fourth-order valence-electron chi connectivity index (χ4n) is 4.46. The summed E-state index contributed by atoms with van der Waals surface area (Å²) in [4.78, 5) is 41.7. The molecule has 3 N–H and O–H groups in total. The van der Waals surface area contributed by atoms with Gasteiger partial charge in [-0.1, -0.05) is 69.3 Å². The molecule has 8 nitrogen and oxygen atoms in total. The number of aliphatic carboxylic acids is 1. The molecule has 1 fully saturated rings. The molecular weight excluding hydrogens is 448 g/mol. The third kappa shape index (κ3) is 5.82. The number of carboxylic acids is 1. The van der Waals surface area contributed by atoms with Gasteiger partial charge in [-0.25, -0.2) is 15.1 Å². The maximum atomic E-state index is 12.7. The van der Waals surface area contributed by atoms with Gasteiger partial charge in [0.1, 0.15) is 6.61 Å². The molecule has 1 saturated carbocycles. The summed E-state index contributed by atoms with van der Waals surface area (Å²) in [7, 11) is 0. The zero-order chi connectivity index (χ0) is 25.2. The first-order valence-electron chi connectivity index (χ1n) is 11.9. The van der Waals surface area contributed by atoms with E-state index in [1.54, 1.807) is 0 Å². The van der Waals surface area contributed by atoms with E-state index >= 15 is 0 Å². The Kier molecular flexibility index (Phi) is 7.12. The SMILES string of the molecule is CC(C)(C)C(CC(=O)NOC(C(=O)O)C1CC1)NC(=O)OCC1c2ccccc2-c2ccccc21. The third-order valence-corrected chi connectivity index (χ3v) is 6.66. The molecule has 2 aromatic carbocycles. The van der Waals surface area contributed by atoms with E-state index in [1.807, 2.05) is 45.0 Å². The molecule has 0 spiro atoms. The second-order valence-electron chi connectivity index (χ2n) is 10.3. The number of carbonyl (C=O) groups excluding carboxylic acids is 2. The van der Waals surface area contributed by atoms with Crippen LogP contribution in [0.2, 0.25) is 0 Å². The zero-order valence-corrected chi connectivity index (χ0v) is 20.2. The first-order valence-corrected chi connectivity index (χ1v) is 11.9. The molecule has 2 aromatic rings. The van der Waals surface area contributed by atoms with Crippen LogP contribution in [-0.4, -0.2) is 41.8 Å². The summed E-state index contributed by atoms with van der Waals surface area (Å²) in [6.45, 7) is 5.88. The van der Waals surface area contributed by atoms with Gasteiger partial charge in [-0.05, 0) is 46.4 Å². The zero-order valence-electron chi connectivity index (χ0n) is 20.2. The van der Waals surface area contributed by atoms with Crippen molar-refractivity contribution in [1.82, 2.24) is 10.8 Å². The molecule has 0 radical (unpaired) electrons. The highest BCUT2D eigenvalue weighted by Gasteiger charge is 2.38. The van der Waals surface area contributed by atoms with Crippen molar-refractivity contribution in [2.75, 3.05) is 6.61 Å². The van der Waals surface area contributed by atoms with Crippen LogP contribution in [0.4, 0.5) is 4.79 Å². The van der Waals surface area contributed by atoms with Crippen LogP contribution in [0.15, 0.2) is 48.5 Å². The van der Waals surface area contributed by atoms with Crippen molar-refractivity contribution in [2.45, 2.75) is 58.1 Å². The van der Waals surface area contributed by atoms with Gasteiger partial charge in [0.25, 0.3) is 0 Å². The summed E-state index contributed by atoms with van der Waals surface area (Å²) in [6, 6.07) is 15.6. The number of hydrogen-bond donors (Lipinski definition) is 3. The second-order valence-corrected chi connectivity index (χ2v) is 10.3. The van der Waals surface area contributed by atoms with Crippen molar-refractivity contribution in [3.8, 4) is 11.1 Å². The molecule has 0 saturated heterocycles. The van der Waals surface area contributed by atoms with Crippen molar-refractivity contribution < 1.29 is 29.1 Å². The number of alkyl carbamates (subject to hydrolysis) is 1. The Hall–Kier alpha value is -3.39. The molecule has 0 aromatic heterocycles. The van der Waals surface area contributed by atoms with Crippen LogP contribution in [0, 0.1) is 11.3 Å². The van der Waals surface area contributed by atoms with E-state index in [9.17, 15) is 19.5 Å². The fourth-order valence-corrected chi connectivity index (χ4v) is 4.46. The summed E-state index contributed by atoms with van der Waals surface area (Å²) in [5.74, 6) is -1.74. The van der Waals surface area contributed by atoms with E-state index in [4.69, 9.17) is 9.57 Å². The molecule has 4 rings (SSSR count). The minimum Gasteiger partial charge on any atom is -0.479 e. The van der Waals surface area contributed by atoms with Gasteiger partial charge < -0.3 is 15.2 Å². The van der Waals surface area contributed by atoms with Gasteiger partial charge in [-0.2, -0.15) is 0 Å². The highest BCUT2D eigenvalue weighted by Crippen LogP contribution is 2.44. The van der Waals surface area contributed by atoms with Crippen LogP contribution in [0.25, 0.3) is 11.1 Å². The van der Waals surface area contributed by atoms with E-state index in [0.29, 0.717) is 0 Å². The molecule has 2 amide bonds. The monoisotopic (exact) mass is 480 g/mol. The summed E-state index contributed by atoms with van der Waals surface area (Å²) in [6.07, 6.45) is -0.212. The molecule has 35 heavy (non-hydrogen) atoms. The second kappa shape index (κ2) is 10.1. The van der Waals surface area contributed by atoms with Crippen LogP contribution >= 0.6 is 0 Å². The fraction of sp³-hybridized carbons (Fsp3) is 0.444. The molecule has 2 atom stereocenters. The Morgan fingerprint density at radius 2 is 1.57 bits per heavy atom. The van der Waals surface area contributed by atoms with Crippen LogP contribution in [0.5, 0.6) is 0 Å². The predicted molar refractivity (Wildman–Crippen MR) is 129 cm³/mol. The van der Waals surface area contributed by atoms with Gasteiger partial charge in [0.2, 0.25) is 5.91 Å². The van der Waals surface area contributed by atoms with E-state index in [1.165, 1.54) is 0 Å². The van der Waals surface area contributed by atoms with Gasteiger partial charge in [-0.3, -0.25) is 9.63 Å². The number of ether oxygens (including phenoxy) is 1. The maximum Gasteiger partial charge on any atom is 0.407 e. The van der Waals surface area contributed by atoms with Crippen molar-refractivity contribution in [3.05, 3.63) is 59.7 Å². The highest BCUT2D eigenvalue weighted by molar-refractivity contribution is 5.80. The number of rotatable bonds is 9. The lowest BCUT2D eigenvalue weighted by Gasteiger charge is -2.31. The lowest BCUT2D eigenvalue weighted by Crippen LogP contribution is -2.47. The number of fused-ring (bicyclic) bond motifs is 3. The molecular formula is C27H32N2O6. The minimum absolute atomic E-state index is 0.0617. The summed E-state index contributed by atoms with van der Waals surface area (Å²) < 4.78 is 5.63. The van der Waals surface area contributed by atoms with Gasteiger partial charge in [0, 0.05) is 18.4 Å². The number of amides is 2. The molecule has 0 aliphatic heterocycles. The Bertz CT molecular complexity index is 1060. The molecule has 2 aliphatic rings. The Balaban J connectivity index is 1.34. The summed E-state index contributed by atoms with van der Waals surface area (Å²) in [5, 5.41) is 12.1. The largest absolute Gasteiger partial charge is 0.479 e. The van der Waals surface area contributed by atoms with Gasteiger partial charge in [0.15, 0.2) is 6.10 Å². The average molecular weight is 481 g/mol. The van der Waals surface area contributed by atoms with Crippen molar-refractivity contribution in [3.63, 3.8) is 0 Å². The van der Waals surface area contributed by atoms with E-state index < -0.39 is 35.5 Å². The van der Waals surface area contributed by atoms with E-state index in [0.717, 1.165) is 35.1 Å². The van der Waals surface area contributed by atoms with Crippen LogP contribution in [0.3, 0.4) is 0 Å². The maximum absolute atomic E-state index is 12.7. The molecule has 8 heteroatoms. The third-order valence-electron chi connectivity index (χ3n) is 6.66. The number of nitrogens with one attached hydrogen (secondary N) is 2. The van der Waals surface area contributed by atoms with Crippen LogP contribution in [0.1, 0.15) is 57.1 Å². The predicted octanol–water partition coefficient (Wildman–Crippen LogP) is 4.24. The Morgan fingerprint density at radius 1 is 1.00 bits per heavy atom. The minimum atomic E-state index is -1.10. The van der Waals surface area contributed by atoms with Crippen molar-refractivity contribution in [2.24, 2.45) is 11.3 Å². The molecule has 0 heterocycles. The van der Waals surface area contributed by atoms with Crippen molar-refractivity contribution in [1.29, 1.82) is 0 Å². The Morgan fingerprint density at radius 3 is 2.09 bits per heavy atom. The number of benzene rings is 2. The normalized spacial score (nSPS) is 16.5. The average Bonchev–Trinajstić information content (AvgIpc) is 3.59. The van der Waals surface area contributed by atoms with Crippen LogP contribution < -0.4 is 10.8 Å². The Labute approximate surface area is 205 Å². The van der Waals surface area contributed by atoms with Crippen LogP contribution in [-0.2, 0) is 19.2 Å². The molecule has 0 bridgehead atoms. The molecule has 186 valence electrons. The standard InChI is InChI=1S/C27H32N2O6/c1-27(2,3)22(14-23(30)29-35-24(25(31)32)16-12-13-16)28-26(33)34-15-21-19-10-6-4-8-17(19)18-9-5-7-11-20(18)21/h4-11,16,21-22,24H,12-15H2,1-3H3,(H,28,33)(H,29,30)(H,31,32).